The molecule has 0 amide bonds. The summed E-state index contributed by atoms with van der Waals surface area (Å²) in [5.74, 6) is 0. The van der Waals surface area contributed by atoms with E-state index in [1.165, 1.54) is 4.68 Å². The quantitative estimate of drug-likeness (QED) is 0.844. The molecule has 18 heavy (non-hydrogen) atoms. The molecule has 1 aliphatic rings. The first kappa shape index (κ1) is 13.4. The van der Waals surface area contributed by atoms with Crippen LogP contribution < -0.4 is 0 Å². The second-order valence-corrected chi connectivity index (χ2v) is 5.60. The molecule has 3 nitrogen and oxygen atoms in total. The lowest BCUT2D eigenvalue weighted by molar-refractivity contribution is -0.137. The van der Waals surface area contributed by atoms with Crippen LogP contribution in [0.5, 0.6) is 0 Å². The number of aliphatic hydroxyl groups is 1. The zero-order valence-corrected chi connectivity index (χ0v) is 10.4. The standard InChI is InChI=1S/C12H17F3N2O/c1-11(2)5-3-4-9(10(11)18)17-7-8(6-16-17)12(13,14)15/h6-7,9-10,18H,3-5H2,1-2H3. The number of aromatic nitrogens is 2. The summed E-state index contributed by atoms with van der Waals surface area (Å²) in [6, 6.07) is -0.371. The highest BCUT2D eigenvalue weighted by molar-refractivity contribution is 5.09. The fourth-order valence-corrected chi connectivity index (χ4v) is 2.54. The van der Waals surface area contributed by atoms with E-state index in [1.807, 2.05) is 13.8 Å². The summed E-state index contributed by atoms with van der Waals surface area (Å²) in [4.78, 5) is 0. The molecule has 2 rings (SSSR count). The van der Waals surface area contributed by atoms with E-state index in [9.17, 15) is 18.3 Å². The molecule has 1 heterocycles. The van der Waals surface area contributed by atoms with Gasteiger partial charge in [0.1, 0.15) is 0 Å². The fraction of sp³-hybridized carbons (Fsp3) is 0.750. The number of hydrogen-bond acceptors (Lipinski definition) is 2. The number of alkyl halides is 3. The summed E-state index contributed by atoms with van der Waals surface area (Å²) in [7, 11) is 0. The largest absolute Gasteiger partial charge is 0.419 e. The molecule has 6 heteroatoms. The molecule has 102 valence electrons. The maximum Gasteiger partial charge on any atom is 0.419 e. The molecule has 1 aromatic rings. The molecular weight excluding hydrogens is 245 g/mol. The maximum absolute atomic E-state index is 12.5. The van der Waals surface area contributed by atoms with Gasteiger partial charge in [-0.05, 0) is 18.3 Å². The second kappa shape index (κ2) is 4.26. The molecule has 0 aromatic carbocycles. The first-order chi connectivity index (χ1) is 8.22. The summed E-state index contributed by atoms with van der Waals surface area (Å²) in [5, 5.41) is 14.0. The van der Waals surface area contributed by atoms with E-state index < -0.39 is 17.8 Å². The lowest BCUT2D eigenvalue weighted by Crippen LogP contribution is -2.41. The summed E-state index contributed by atoms with van der Waals surface area (Å²) in [6.07, 6.45) is -0.846. The highest BCUT2D eigenvalue weighted by atomic mass is 19.4. The van der Waals surface area contributed by atoms with Crippen LogP contribution in [0.2, 0.25) is 0 Å². The van der Waals surface area contributed by atoms with Crippen molar-refractivity contribution in [2.24, 2.45) is 5.41 Å². The molecule has 2 atom stereocenters. The van der Waals surface area contributed by atoms with Crippen molar-refractivity contribution < 1.29 is 18.3 Å². The van der Waals surface area contributed by atoms with Crippen molar-refractivity contribution in [1.82, 2.24) is 9.78 Å². The van der Waals surface area contributed by atoms with E-state index in [-0.39, 0.29) is 11.5 Å². The van der Waals surface area contributed by atoms with Crippen molar-refractivity contribution in [3.8, 4) is 0 Å². The van der Waals surface area contributed by atoms with Crippen LogP contribution in [0, 0.1) is 5.41 Å². The van der Waals surface area contributed by atoms with Gasteiger partial charge < -0.3 is 5.11 Å². The number of nitrogens with zero attached hydrogens (tertiary/aromatic N) is 2. The molecule has 1 N–H and O–H groups in total. The number of hydrogen-bond donors (Lipinski definition) is 1. The topological polar surface area (TPSA) is 38.0 Å². The maximum atomic E-state index is 12.5. The highest BCUT2D eigenvalue weighted by Crippen LogP contribution is 2.41. The molecule has 1 aliphatic carbocycles. The normalized spacial score (nSPS) is 28.3. The third-order valence-corrected chi connectivity index (χ3v) is 3.75. The first-order valence-corrected chi connectivity index (χ1v) is 6.01. The molecule has 0 saturated heterocycles. The van der Waals surface area contributed by atoms with Crippen LogP contribution in [-0.2, 0) is 6.18 Å². The van der Waals surface area contributed by atoms with Gasteiger partial charge in [0.05, 0.1) is 23.9 Å². The molecule has 0 radical (unpaired) electrons. The average molecular weight is 262 g/mol. The van der Waals surface area contributed by atoms with E-state index in [0.29, 0.717) is 6.42 Å². The Bertz CT molecular complexity index is 425. The van der Waals surface area contributed by atoms with E-state index in [1.54, 1.807) is 0 Å². The summed E-state index contributed by atoms with van der Waals surface area (Å²) in [5.41, 5.74) is -1.05. The van der Waals surface area contributed by atoms with Crippen LogP contribution in [0.15, 0.2) is 12.4 Å². The van der Waals surface area contributed by atoms with Gasteiger partial charge in [-0.15, -0.1) is 0 Å². The van der Waals surface area contributed by atoms with Crippen molar-refractivity contribution in [3.05, 3.63) is 18.0 Å². The number of aliphatic hydroxyl groups excluding tert-OH is 1. The molecule has 2 unspecified atom stereocenters. The Kier molecular flexibility index (Phi) is 3.17. The molecule has 1 fully saturated rings. The first-order valence-electron chi connectivity index (χ1n) is 6.01. The van der Waals surface area contributed by atoms with Gasteiger partial charge in [0, 0.05) is 6.20 Å². The zero-order valence-electron chi connectivity index (χ0n) is 10.4. The van der Waals surface area contributed by atoms with Gasteiger partial charge in [0.15, 0.2) is 0 Å². The van der Waals surface area contributed by atoms with Crippen molar-refractivity contribution in [2.75, 3.05) is 0 Å². The SMILES string of the molecule is CC1(C)CCCC(n2cc(C(F)(F)F)cn2)C1O. The van der Waals surface area contributed by atoms with Crippen LogP contribution in [0.4, 0.5) is 13.2 Å². The lowest BCUT2D eigenvalue weighted by Gasteiger charge is -2.40. The summed E-state index contributed by atoms with van der Waals surface area (Å²) in [6.45, 7) is 3.86. The minimum Gasteiger partial charge on any atom is -0.390 e. The summed E-state index contributed by atoms with van der Waals surface area (Å²) < 4.78 is 38.8. The fourth-order valence-electron chi connectivity index (χ4n) is 2.54. The Morgan fingerprint density at radius 2 is 2.11 bits per heavy atom. The minimum absolute atomic E-state index is 0.284. The van der Waals surface area contributed by atoms with Gasteiger partial charge in [0.2, 0.25) is 0 Å². The molecule has 0 spiro atoms. The van der Waals surface area contributed by atoms with Gasteiger partial charge in [-0.2, -0.15) is 18.3 Å². The van der Waals surface area contributed by atoms with Crippen LogP contribution in [0.3, 0.4) is 0 Å². The van der Waals surface area contributed by atoms with Crippen LogP contribution >= 0.6 is 0 Å². The molecular formula is C12H17F3N2O. The van der Waals surface area contributed by atoms with Gasteiger partial charge in [-0.25, -0.2) is 0 Å². The molecule has 0 aliphatic heterocycles. The van der Waals surface area contributed by atoms with Crippen molar-refractivity contribution in [3.63, 3.8) is 0 Å². The van der Waals surface area contributed by atoms with Crippen LogP contribution in [-0.4, -0.2) is 21.0 Å². The van der Waals surface area contributed by atoms with Crippen molar-refractivity contribution in [2.45, 2.75) is 51.4 Å². The Labute approximate surface area is 104 Å². The van der Waals surface area contributed by atoms with E-state index in [0.717, 1.165) is 25.2 Å². The van der Waals surface area contributed by atoms with Gasteiger partial charge in [-0.3, -0.25) is 4.68 Å². The molecule has 1 saturated carbocycles. The zero-order chi connectivity index (χ0) is 13.6. The number of rotatable bonds is 1. The minimum atomic E-state index is -4.38. The van der Waals surface area contributed by atoms with Crippen LogP contribution in [0.1, 0.15) is 44.7 Å². The smallest absolute Gasteiger partial charge is 0.390 e. The Balaban J connectivity index is 2.24. The van der Waals surface area contributed by atoms with E-state index in [4.69, 9.17) is 0 Å². The van der Waals surface area contributed by atoms with E-state index in [2.05, 4.69) is 5.10 Å². The second-order valence-electron chi connectivity index (χ2n) is 5.60. The summed E-state index contributed by atoms with van der Waals surface area (Å²) >= 11 is 0. The number of halogens is 3. The third-order valence-electron chi connectivity index (χ3n) is 3.75. The monoisotopic (exact) mass is 262 g/mol. The highest BCUT2D eigenvalue weighted by Gasteiger charge is 2.40. The van der Waals surface area contributed by atoms with Gasteiger partial charge >= 0.3 is 6.18 Å². The Morgan fingerprint density at radius 3 is 2.67 bits per heavy atom. The average Bonchev–Trinajstić information content (AvgIpc) is 2.70. The Hall–Kier alpha value is -1.04. The van der Waals surface area contributed by atoms with E-state index >= 15 is 0 Å². The third kappa shape index (κ3) is 2.39. The lowest BCUT2D eigenvalue weighted by atomic mass is 9.72. The van der Waals surface area contributed by atoms with Crippen molar-refractivity contribution in [1.29, 1.82) is 0 Å². The van der Waals surface area contributed by atoms with Crippen LogP contribution in [0.25, 0.3) is 0 Å². The van der Waals surface area contributed by atoms with Crippen molar-refractivity contribution >= 4 is 0 Å². The molecule has 0 bridgehead atoms. The van der Waals surface area contributed by atoms with Gasteiger partial charge in [0.25, 0.3) is 0 Å². The predicted molar refractivity (Wildman–Crippen MR) is 59.9 cm³/mol. The van der Waals surface area contributed by atoms with Gasteiger partial charge in [-0.1, -0.05) is 20.3 Å². The predicted octanol–water partition coefficient (Wildman–Crippen LogP) is 3.01. The molecule has 1 aromatic heterocycles. The Morgan fingerprint density at radius 1 is 1.44 bits per heavy atom.